The van der Waals surface area contributed by atoms with Crippen molar-refractivity contribution in [3.63, 3.8) is 0 Å². The number of hydrogen-bond donors (Lipinski definition) is 3. The van der Waals surface area contributed by atoms with Gasteiger partial charge in [-0.25, -0.2) is 4.79 Å². The van der Waals surface area contributed by atoms with Crippen molar-refractivity contribution in [2.45, 2.75) is 44.4 Å². The molecular formula is C13H23N5O3. The molecule has 3 N–H and O–H groups in total. The van der Waals surface area contributed by atoms with Gasteiger partial charge in [-0.1, -0.05) is 0 Å². The van der Waals surface area contributed by atoms with Crippen LogP contribution in [-0.4, -0.2) is 79.0 Å². The van der Waals surface area contributed by atoms with Gasteiger partial charge in [0.1, 0.15) is 12.2 Å². The number of amides is 3. The van der Waals surface area contributed by atoms with Gasteiger partial charge < -0.3 is 9.64 Å². The number of hydrogen-bond acceptors (Lipinski definition) is 6. The normalized spacial score (nSPS) is 41.1. The fourth-order valence-corrected chi connectivity index (χ4v) is 3.41. The summed E-state index contributed by atoms with van der Waals surface area (Å²) in [5.41, 5.74) is 0. The number of ether oxygens (including phenoxy) is 1. The highest BCUT2D eigenvalue weighted by atomic mass is 16.5. The average molecular weight is 297 g/mol. The molecule has 8 heteroatoms. The number of nitrogens with zero attached hydrogens (tertiary/aromatic N) is 2. The molecule has 5 atom stereocenters. The Balaban J connectivity index is 1.61. The van der Waals surface area contributed by atoms with Gasteiger partial charge in [0.05, 0.1) is 18.4 Å². The Morgan fingerprint density at radius 1 is 1.19 bits per heavy atom. The van der Waals surface area contributed by atoms with Crippen LogP contribution < -0.4 is 16.0 Å². The number of rotatable bonds is 2. The summed E-state index contributed by atoms with van der Waals surface area (Å²) in [4.78, 5) is 27.4. The molecule has 0 aromatic carbocycles. The molecule has 3 rings (SSSR count). The molecule has 3 aliphatic rings. The highest BCUT2D eigenvalue weighted by Gasteiger charge is 2.46. The van der Waals surface area contributed by atoms with Crippen LogP contribution in [0, 0.1) is 0 Å². The summed E-state index contributed by atoms with van der Waals surface area (Å²) in [5.74, 6) is -0.262. The van der Waals surface area contributed by atoms with Gasteiger partial charge in [-0.05, 0) is 13.8 Å². The SMILES string of the molecule is CC1CN(CC2NC3C(=O)NC(=O)N(C)C3N2)CC(C)O1. The molecule has 0 bridgehead atoms. The number of imide groups is 1. The molecule has 3 amide bonds. The van der Waals surface area contributed by atoms with Crippen LogP contribution in [0.2, 0.25) is 0 Å². The van der Waals surface area contributed by atoms with E-state index in [-0.39, 0.29) is 36.5 Å². The number of likely N-dealkylation sites (N-methyl/N-ethyl adjacent to an activating group) is 1. The van der Waals surface area contributed by atoms with Gasteiger partial charge in [-0.2, -0.15) is 0 Å². The third-order valence-electron chi connectivity index (χ3n) is 4.25. The van der Waals surface area contributed by atoms with E-state index >= 15 is 0 Å². The lowest BCUT2D eigenvalue weighted by Gasteiger charge is -2.36. The third kappa shape index (κ3) is 2.89. The fourth-order valence-electron chi connectivity index (χ4n) is 3.41. The van der Waals surface area contributed by atoms with Crippen LogP contribution in [0.15, 0.2) is 0 Å². The van der Waals surface area contributed by atoms with Crippen molar-refractivity contribution in [3.05, 3.63) is 0 Å². The van der Waals surface area contributed by atoms with E-state index in [0.29, 0.717) is 0 Å². The molecule has 0 aromatic heterocycles. The minimum atomic E-state index is -0.395. The smallest absolute Gasteiger partial charge is 0.325 e. The van der Waals surface area contributed by atoms with E-state index in [2.05, 4.69) is 34.7 Å². The van der Waals surface area contributed by atoms with Crippen LogP contribution in [-0.2, 0) is 9.53 Å². The van der Waals surface area contributed by atoms with Gasteiger partial charge in [0.15, 0.2) is 0 Å². The molecule has 21 heavy (non-hydrogen) atoms. The average Bonchev–Trinajstić information content (AvgIpc) is 2.79. The standard InChI is InChI=1S/C13H23N5O3/c1-7-4-18(5-8(2)21-7)6-9-14-10-11(15-9)17(3)13(20)16-12(10)19/h7-11,14-15H,4-6H2,1-3H3,(H,16,19,20). The Bertz CT molecular complexity index is 436. The van der Waals surface area contributed by atoms with Crippen molar-refractivity contribution in [2.24, 2.45) is 0 Å². The summed E-state index contributed by atoms with van der Waals surface area (Å²) in [7, 11) is 1.69. The van der Waals surface area contributed by atoms with Gasteiger partial charge in [-0.15, -0.1) is 0 Å². The predicted molar refractivity (Wildman–Crippen MR) is 75.4 cm³/mol. The maximum Gasteiger partial charge on any atom is 0.325 e. The van der Waals surface area contributed by atoms with Crippen molar-refractivity contribution >= 4 is 11.9 Å². The van der Waals surface area contributed by atoms with Crippen LogP contribution in [0.4, 0.5) is 4.79 Å². The van der Waals surface area contributed by atoms with Crippen molar-refractivity contribution in [1.29, 1.82) is 0 Å². The van der Waals surface area contributed by atoms with Gasteiger partial charge in [-0.3, -0.25) is 25.6 Å². The molecule has 5 unspecified atom stereocenters. The number of morpholine rings is 1. The second-order valence-electron chi connectivity index (χ2n) is 6.19. The third-order valence-corrected chi connectivity index (χ3v) is 4.25. The minimum absolute atomic E-state index is 0.0170. The molecule has 0 spiro atoms. The number of urea groups is 1. The zero-order chi connectivity index (χ0) is 15.1. The van der Waals surface area contributed by atoms with Crippen LogP contribution in [0.3, 0.4) is 0 Å². The first-order valence-electron chi connectivity index (χ1n) is 7.41. The Morgan fingerprint density at radius 3 is 2.52 bits per heavy atom. The lowest BCUT2D eigenvalue weighted by Crippen LogP contribution is -2.64. The fraction of sp³-hybridized carbons (Fsp3) is 0.846. The molecule has 0 radical (unpaired) electrons. The molecule has 3 saturated heterocycles. The van der Waals surface area contributed by atoms with E-state index in [4.69, 9.17) is 4.74 Å². The lowest BCUT2D eigenvalue weighted by molar-refractivity contribution is -0.124. The zero-order valence-electron chi connectivity index (χ0n) is 12.6. The van der Waals surface area contributed by atoms with E-state index in [1.807, 2.05) is 0 Å². The van der Waals surface area contributed by atoms with Crippen molar-refractivity contribution in [3.8, 4) is 0 Å². The summed E-state index contributed by atoms with van der Waals surface area (Å²) in [6.07, 6.45) is 0.124. The molecule has 8 nitrogen and oxygen atoms in total. The van der Waals surface area contributed by atoms with Crippen LogP contribution in [0.1, 0.15) is 13.8 Å². The van der Waals surface area contributed by atoms with E-state index in [1.54, 1.807) is 7.05 Å². The summed E-state index contributed by atoms with van der Waals surface area (Å²) >= 11 is 0. The van der Waals surface area contributed by atoms with Crippen molar-refractivity contribution < 1.29 is 14.3 Å². The maximum absolute atomic E-state index is 11.9. The Labute approximate surface area is 124 Å². The van der Waals surface area contributed by atoms with Crippen molar-refractivity contribution in [2.75, 3.05) is 26.7 Å². The molecular weight excluding hydrogens is 274 g/mol. The predicted octanol–water partition coefficient (Wildman–Crippen LogP) is -1.51. The zero-order valence-corrected chi connectivity index (χ0v) is 12.6. The van der Waals surface area contributed by atoms with E-state index < -0.39 is 6.04 Å². The van der Waals surface area contributed by atoms with Crippen LogP contribution >= 0.6 is 0 Å². The first-order chi connectivity index (χ1) is 9.94. The highest BCUT2D eigenvalue weighted by Crippen LogP contribution is 2.16. The molecule has 3 fully saturated rings. The Morgan fingerprint density at radius 2 is 1.86 bits per heavy atom. The van der Waals surface area contributed by atoms with E-state index in [9.17, 15) is 9.59 Å². The number of fused-ring (bicyclic) bond motifs is 1. The van der Waals surface area contributed by atoms with Gasteiger partial charge in [0.25, 0.3) is 0 Å². The summed E-state index contributed by atoms with van der Waals surface area (Å²) in [6, 6.07) is -0.751. The maximum atomic E-state index is 11.9. The molecule has 0 saturated carbocycles. The Hall–Kier alpha value is -1.22. The van der Waals surface area contributed by atoms with Crippen LogP contribution in [0.25, 0.3) is 0 Å². The van der Waals surface area contributed by atoms with Crippen LogP contribution in [0.5, 0.6) is 0 Å². The highest BCUT2D eigenvalue weighted by molar-refractivity contribution is 6.00. The summed E-state index contributed by atoms with van der Waals surface area (Å²) < 4.78 is 5.72. The van der Waals surface area contributed by atoms with Gasteiger partial charge in [0, 0.05) is 26.7 Å². The Kier molecular flexibility index (Phi) is 3.87. The second kappa shape index (κ2) is 5.53. The monoisotopic (exact) mass is 297 g/mol. The summed E-state index contributed by atoms with van der Waals surface area (Å²) in [6.45, 7) is 6.66. The van der Waals surface area contributed by atoms with Crippen molar-refractivity contribution in [1.82, 2.24) is 25.8 Å². The van der Waals surface area contributed by atoms with E-state index in [0.717, 1.165) is 19.6 Å². The lowest BCUT2D eigenvalue weighted by atomic mass is 10.2. The molecule has 0 aromatic rings. The van der Waals surface area contributed by atoms with E-state index in [1.165, 1.54) is 4.90 Å². The molecule has 3 aliphatic heterocycles. The first-order valence-corrected chi connectivity index (χ1v) is 7.41. The second-order valence-corrected chi connectivity index (χ2v) is 6.19. The largest absolute Gasteiger partial charge is 0.373 e. The number of nitrogens with one attached hydrogen (secondary N) is 3. The minimum Gasteiger partial charge on any atom is -0.373 e. The summed E-state index contributed by atoms with van der Waals surface area (Å²) in [5, 5.41) is 8.95. The van der Waals surface area contributed by atoms with Gasteiger partial charge in [0.2, 0.25) is 5.91 Å². The molecule has 3 heterocycles. The first kappa shape index (κ1) is 14.7. The quantitative estimate of drug-likeness (QED) is 0.575. The molecule has 118 valence electrons. The molecule has 0 aliphatic carbocycles. The topological polar surface area (TPSA) is 85.9 Å². The van der Waals surface area contributed by atoms with Gasteiger partial charge >= 0.3 is 6.03 Å². The number of carbonyl (C=O) groups excluding carboxylic acids is 2. The number of carbonyl (C=O) groups is 2.